The van der Waals surface area contributed by atoms with Gasteiger partial charge in [-0.1, -0.05) is 23.7 Å². The third-order valence-electron chi connectivity index (χ3n) is 5.46. The molecule has 0 radical (unpaired) electrons. The molecule has 1 fully saturated rings. The van der Waals surface area contributed by atoms with Gasteiger partial charge in [-0.3, -0.25) is 4.79 Å². The van der Waals surface area contributed by atoms with Crippen molar-refractivity contribution in [2.45, 2.75) is 42.0 Å². The van der Waals surface area contributed by atoms with Gasteiger partial charge in [0.15, 0.2) is 6.29 Å². The van der Waals surface area contributed by atoms with Crippen LogP contribution >= 0.6 is 11.6 Å². The number of amides is 3. The summed E-state index contributed by atoms with van der Waals surface area (Å²) >= 11 is 5.80. The van der Waals surface area contributed by atoms with Crippen LogP contribution in [0.5, 0.6) is 0 Å². The van der Waals surface area contributed by atoms with Gasteiger partial charge in [-0.05, 0) is 48.4 Å². The first-order valence-electron chi connectivity index (χ1n) is 10.8. The number of aliphatic hydroxyl groups is 4. The van der Waals surface area contributed by atoms with E-state index in [4.69, 9.17) is 21.4 Å². The molecule has 0 spiro atoms. The van der Waals surface area contributed by atoms with Crippen LogP contribution in [0.25, 0.3) is 0 Å². The highest BCUT2D eigenvalue weighted by molar-refractivity contribution is 7.90. The fourth-order valence-corrected chi connectivity index (χ4v) is 4.51. The molecule has 1 aliphatic rings. The average Bonchev–Trinajstić information content (AvgIpc) is 2.84. The van der Waals surface area contributed by atoms with Gasteiger partial charge in [0.25, 0.3) is 15.9 Å². The normalized spacial score (nSPS) is 24.1. The Morgan fingerprint density at radius 1 is 0.972 bits per heavy atom. The minimum Gasteiger partial charge on any atom is -0.394 e. The predicted molar refractivity (Wildman–Crippen MR) is 127 cm³/mol. The van der Waals surface area contributed by atoms with Crippen molar-refractivity contribution < 1.29 is 43.2 Å². The van der Waals surface area contributed by atoms with Gasteiger partial charge in [0, 0.05) is 17.1 Å². The highest BCUT2D eigenvalue weighted by atomic mass is 35.5. The molecule has 0 saturated carbocycles. The molecule has 1 saturated heterocycles. The first kappa shape index (κ1) is 27.8. The molecule has 14 heteroatoms. The van der Waals surface area contributed by atoms with E-state index in [1.807, 2.05) is 5.32 Å². The van der Waals surface area contributed by atoms with Crippen LogP contribution in [0.2, 0.25) is 5.02 Å². The average molecular weight is 544 g/mol. The summed E-state index contributed by atoms with van der Waals surface area (Å²) in [6.45, 7) is -0.390. The molecule has 7 N–H and O–H groups in total. The number of carbonyl (C=O) groups excluding carboxylic acids is 2. The van der Waals surface area contributed by atoms with Gasteiger partial charge >= 0.3 is 6.03 Å². The van der Waals surface area contributed by atoms with Crippen LogP contribution in [0.3, 0.4) is 0 Å². The Bertz CT molecular complexity index is 1160. The molecule has 0 bridgehead atoms. The van der Waals surface area contributed by atoms with E-state index in [0.29, 0.717) is 23.6 Å². The highest BCUT2D eigenvalue weighted by Gasteiger charge is 2.44. The summed E-state index contributed by atoms with van der Waals surface area (Å²) in [6.07, 6.45) is -6.00. The van der Waals surface area contributed by atoms with Crippen LogP contribution in [-0.2, 0) is 21.2 Å². The number of rotatable bonds is 8. The van der Waals surface area contributed by atoms with Gasteiger partial charge in [-0.2, -0.15) is 0 Å². The maximum Gasteiger partial charge on any atom is 0.329 e. The summed E-state index contributed by atoms with van der Waals surface area (Å²) in [4.78, 5) is 24.1. The fourth-order valence-electron chi connectivity index (χ4n) is 3.47. The lowest BCUT2D eigenvalue weighted by atomic mass is 9.97. The second-order valence-corrected chi connectivity index (χ2v) is 10.1. The maximum absolute atomic E-state index is 12.5. The molecule has 3 rings (SSSR count). The van der Waals surface area contributed by atoms with Gasteiger partial charge in [0.1, 0.15) is 24.4 Å². The number of sulfonamides is 1. The minimum absolute atomic E-state index is 0.229. The zero-order valence-corrected chi connectivity index (χ0v) is 20.3. The van der Waals surface area contributed by atoms with E-state index in [1.54, 1.807) is 29.0 Å². The Morgan fingerprint density at radius 2 is 1.61 bits per heavy atom. The Labute approximate surface area is 211 Å². The van der Waals surface area contributed by atoms with Crippen LogP contribution in [0.1, 0.15) is 15.9 Å². The number of hydrogen-bond donors (Lipinski definition) is 7. The molecule has 0 aromatic heterocycles. The van der Waals surface area contributed by atoms with E-state index in [0.717, 1.165) is 5.56 Å². The van der Waals surface area contributed by atoms with Gasteiger partial charge in [-0.15, -0.1) is 0 Å². The Kier molecular flexibility index (Phi) is 9.24. The molecule has 1 aliphatic heterocycles. The monoisotopic (exact) mass is 543 g/mol. The lowest BCUT2D eigenvalue weighted by molar-refractivity contribution is -0.252. The van der Waals surface area contributed by atoms with Gasteiger partial charge in [0.05, 0.1) is 11.5 Å². The summed E-state index contributed by atoms with van der Waals surface area (Å²) in [6, 6.07) is 9.16. The lowest BCUT2D eigenvalue weighted by Crippen LogP contribution is -2.65. The van der Waals surface area contributed by atoms with Crippen LogP contribution in [0.15, 0.2) is 53.4 Å². The van der Waals surface area contributed by atoms with Crippen LogP contribution in [-0.4, -0.2) is 84.6 Å². The second-order valence-electron chi connectivity index (χ2n) is 7.99. The predicted octanol–water partition coefficient (Wildman–Crippen LogP) is -0.900. The smallest absolute Gasteiger partial charge is 0.329 e. The third kappa shape index (κ3) is 6.91. The first-order valence-corrected chi connectivity index (χ1v) is 12.6. The zero-order valence-electron chi connectivity index (χ0n) is 18.7. The Morgan fingerprint density at radius 3 is 2.22 bits per heavy atom. The van der Waals surface area contributed by atoms with Crippen molar-refractivity contribution in [2.75, 3.05) is 13.2 Å². The summed E-state index contributed by atoms with van der Waals surface area (Å²) in [5, 5.41) is 44.2. The molecule has 2 aromatic carbocycles. The Hall–Kier alpha value is -2.78. The molecule has 5 atom stereocenters. The number of hydrogen-bond acceptors (Lipinski definition) is 9. The van der Waals surface area contributed by atoms with Crippen LogP contribution in [0.4, 0.5) is 4.79 Å². The van der Waals surface area contributed by atoms with E-state index >= 15 is 0 Å². The second kappa shape index (κ2) is 12.0. The first-order chi connectivity index (χ1) is 17.0. The highest BCUT2D eigenvalue weighted by Crippen LogP contribution is 2.20. The van der Waals surface area contributed by atoms with Crippen molar-refractivity contribution in [3.63, 3.8) is 0 Å². The number of nitrogens with one attached hydrogen (secondary N) is 3. The van der Waals surface area contributed by atoms with Gasteiger partial charge < -0.3 is 35.8 Å². The van der Waals surface area contributed by atoms with E-state index < -0.39 is 53.3 Å². The largest absolute Gasteiger partial charge is 0.394 e. The van der Waals surface area contributed by atoms with Crippen molar-refractivity contribution in [3.05, 3.63) is 64.7 Å². The molecular weight excluding hydrogens is 518 g/mol. The fraction of sp³-hybridized carbons (Fsp3) is 0.364. The maximum atomic E-state index is 12.5. The van der Waals surface area contributed by atoms with E-state index in [9.17, 15) is 33.3 Å². The number of aliphatic hydroxyl groups excluding tert-OH is 4. The molecular formula is C22H26ClN3O9S. The molecule has 36 heavy (non-hydrogen) atoms. The van der Waals surface area contributed by atoms with Crippen molar-refractivity contribution in [1.29, 1.82) is 0 Å². The lowest BCUT2D eigenvalue weighted by Gasteiger charge is -2.40. The number of ether oxygens (including phenoxy) is 1. The number of carbonyl (C=O) groups is 2. The Balaban J connectivity index is 1.52. The van der Waals surface area contributed by atoms with E-state index in [-0.39, 0.29) is 10.8 Å². The molecule has 196 valence electrons. The summed E-state index contributed by atoms with van der Waals surface area (Å²) < 4.78 is 31.7. The summed E-state index contributed by atoms with van der Waals surface area (Å²) in [7, 11) is -4.31. The molecule has 0 aliphatic carbocycles. The number of halogens is 1. The van der Waals surface area contributed by atoms with Crippen LogP contribution < -0.4 is 15.4 Å². The molecule has 5 unspecified atom stereocenters. The van der Waals surface area contributed by atoms with Crippen molar-refractivity contribution in [2.24, 2.45) is 0 Å². The van der Waals surface area contributed by atoms with Gasteiger partial charge in [-0.25, -0.2) is 17.9 Å². The molecule has 2 aromatic rings. The topological polar surface area (TPSA) is 195 Å². The van der Waals surface area contributed by atoms with Crippen molar-refractivity contribution in [1.82, 2.24) is 15.4 Å². The minimum atomic E-state index is -4.31. The number of benzene rings is 2. The number of urea groups is 1. The van der Waals surface area contributed by atoms with E-state index in [2.05, 4.69) is 5.32 Å². The molecule has 3 amide bonds. The SMILES string of the molecule is O=C(NC1C(O)OC(CO)C(O)C1O)NS(=O)(=O)c1ccc(CCNC(=O)c2ccc(Cl)cc2)cc1. The van der Waals surface area contributed by atoms with E-state index in [1.165, 1.54) is 24.3 Å². The van der Waals surface area contributed by atoms with Crippen LogP contribution in [0, 0.1) is 0 Å². The molecule has 1 heterocycles. The molecule has 12 nitrogen and oxygen atoms in total. The van der Waals surface area contributed by atoms with Crippen molar-refractivity contribution >= 4 is 33.6 Å². The quantitative estimate of drug-likeness (QED) is 0.221. The zero-order chi connectivity index (χ0) is 26.5. The summed E-state index contributed by atoms with van der Waals surface area (Å²) in [5.41, 5.74) is 1.18. The van der Waals surface area contributed by atoms with Crippen molar-refractivity contribution in [3.8, 4) is 0 Å². The summed E-state index contributed by atoms with van der Waals surface area (Å²) in [5.74, 6) is -0.279. The standard InChI is InChI=1S/C22H26ClN3O9S/c23-14-5-3-13(4-6-14)20(30)24-10-9-12-1-7-15(8-2-12)36(33,34)26-22(32)25-17-19(29)18(28)16(11-27)35-21(17)31/h1-8,16-19,21,27-29,31H,9-11H2,(H,24,30)(H2,25,26,32). The third-order valence-corrected chi connectivity index (χ3v) is 7.06. The van der Waals surface area contributed by atoms with Gasteiger partial charge in [0.2, 0.25) is 0 Å².